The second kappa shape index (κ2) is 8.57. The Balaban J connectivity index is 3.38. The molecule has 3 heteroatoms. The Morgan fingerprint density at radius 3 is 2.43 bits per heavy atom. The molecule has 0 aliphatic heterocycles. The fraction of sp³-hybridized carbons (Fsp3) is 1.00. The first-order valence-electron chi connectivity index (χ1n) is 5.50. The summed E-state index contributed by atoms with van der Waals surface area (Å²) in [6.07, 6.45) is 3.41. The molecule has 0 aromatic rings. The first-order chi connectivity index (χ1) is 6.57. The normalized spacial score (nSPS) is 13.9. The van der Waals surface area contributed by atoms with E-state index in [1.165, 1.54) is 18.7 Å². The average molecular weight is 218 g/mol. The maximum Gasteiger partial charge on any atom is 0.0154 e. The number of hydrogen-bond acceptors (Lipinski definition) is 3. The fourth-order valence-electron chi connectivity index (χ4n) is 1.31. The van der Waals surface area contributed by atoms with Gasteiger partial charge in [0.05, 0.1) is 0 Å². The SMILES string of the molecule is CSCC(C)N(C)CCCNC(C)C. The minimum absolute atomic E-state index is 0.615. The van der Waals surface area contributed by atoms with Gasteiger partial charge in [-0.3, -0.25) is 0 Å². The number of hydrogen-bond donors (Lipinski definition) is 1. The van der Waals surface area contributed by atoms with Gasteiger partial charge >= 0.3 is 0 Å². The molecule has 0 spiro atoms. The lowest BCUT2D eigenvalue weighted by molar-refractivity contribution is 0.272. The van der Waals surface area contributed by atoms with E-state index in [0.717, 1.165) is 6.54 Å². The van der Waals surface area contributed by atoms with Crippen LogP contribution < -0.4 is 5.32 Å². The minimum atomic E-state index is 0.615. The van der Waals surface area contributed by atoms with Gasteiger partial charge < -0.3 is 10.2 Å². The van der Waals surface area contributed by atoms with Gasteiger partial charge in [-0.25, -0.2) is 0 Å². The third kappa shape index (κ3) is 7.65. The van der Waals surface area contributed by atoms with Gasteiger partial charge in [0.2, 0.25) is 0 Å². The van der Waals surface area contributed by atoms with Crippen LogP contribution in [0.1, 0.15) is 27.2 Å². The van der Waals surface area contributed by atoms with Crippen LogP contribution in [0.2, 0.25) is 0 Å². The van der Waals surface area contributed by atoms with Crippen LogP contribution in [0.15, 0.2) is 0 Å². The van der Waals surface area contributed by atoms with Crippen LogP contribution in [0.25, 0.3) is 0 Å². The van der Waals surface area contributed by atoms with E-state index < -0.39 is 0 Å². The quantitative estimate of drug-likeness (QED) is 0.628. The lowest BCUT2D eigenvalue weighted by atomic mass is 10.3. The highest BCUT2D eigenvalue weighted by molar-refractivity contribution is 7.98. The van der Waals surface area contributed by atoms with E-state index in [9.17, 15) is 0 Å². The van der Waals surface area contributed by atoms with Crippen molar-refractivity contribution in [3.8, 4) is 0 Å². The lowest BCUT2D eigenvalue weighted by Gasteiger charge is -2.24. The van der Waals surface area contributed by atoms with Gasteiger partial charge in [-0.05, 0) is 39.7 Å². The maximum atomic E-state index is 3.44. The highest BCUT2D eigenvalue weighted by Gasteiger charge is 2.07. The Bertz CT molecular complexity index is 128. The molecule has 0 radical (unpaired) electrons. The Morgan fingerprint density at radius 2 is 1.93 bits per heavy atom. The molecule has 0 heterocycles. The van der Waals surface area contributed by atoms with Crippen molar-refractivity contribution in [1.29, 1.82) is 0 Å². The van der Waals surface area contributed by atoms with Gasteiger partial charge in [0.25, 0.3) is 0 Å². The molecule has 0 fully saturated rings. The predicted octanol–water partition coefficient (Wildman–Crippen LogP) is 2.06. The molecule has 0 aromatic heterocycles. The molecule has 0 aromatic carbocycles. The third-order valence-corrected chi connectivity index (χ3v) is 3.22. The molecule has 0 aliphatic rings. The molecule has 0 bridgehead atoms. The van der Waals surface area contributed by atoms with Crippen LogP contribution in [0, 0.1) is 0 Å². The topological polar surface area (TPSA) is 15.3 Å². The van der Waals surface area contributed by atoms with Gasteiger partial charge in [-0.2, -0.15) is 11.8 Å². The van der Waals surface area contributed by atoms with Crippen LogP contribution in [0.3, 0.4) is 0 Å². The molecule has 0 saturated carbocycles. The van der Waals surface area contributed by atoms with E-state index >= 15 is 0 Å². The van der Waals surface area contributed by atoms with Crippen LogP contribution in [0.4, 0.5) is 0 Å². The summed E-state index contributed by atoms with van der Waals surface area (Å²) < 4.78 is 0. The van der Waals surface area contributed by atoms with Crippen molar-refractivity contribution < 1.29 is 0 Å². The van der Waals surface area contributed by atoms with Crippen molar-refractivity contribution in [2.24, 2.45) is 0 Å². The predicted molar refractivity (Wildman–Crippen MR) is 68.2 cm³/mol. The number of thioether (sulfide) groups is 1. The van der Waals surface area contributed by atoms with Gasteiger partial charge in [0, 0.05) is 17.8 Å². The third-order valence-electron chi connectivity index (χ3n) is 2.40. The zero-order valence-corrected chi connectivity index (χ0v) is 11.2. The van der Waals surface area contributed by atoms with E-state index in [0.29, 0.717) is 12.1 Å². The van der Waals surface area contributed by atoms with Gasteiger partial charge in [0.15, 0.2) is 0 Å². The molecule has 0 aliphatic carbocycles. The molecule has 1 atom stereocenters. The van der Waals surface area contributed by atoms with Crippen molar-refractivity contribution in [1.82, 2.24) is 10.2 Å². The summed E-state index contributed by atoms with van der Waals surface area (Å²) in [6, 6.07) is 1.31. The number of rotatable bonds is 8. The summed E-state index contributed by atoms with van der Waals surface area (Å²) in [5.74, 6) is 1.23. The Morgan fingerprint density at radius 1 is 1.29 bits per heavy atom. The molecule has 0 saturated heterocycles. The zero-order valence-electron chi connectivity index (χ0n) is 10.3. The second-order valence-corrected chi connectivity index (χ2v) is 5.16. The van der Waals surface area contributed by atoms with Gasteiger partial charge in [0.1, 0.15) is 0 Å². The molecular weight excluding hydrogens is 192 g/mol. The molecular formula is C11H26N2S. The van der Waals surface area contributed by atoms with Crippen LogP contribution in [-0.4, -0.2) is 49.1 Å². The summed E-state index contributed by atoms with van der Waals surface area (Å²) >= 11 is 1.92. The van der Waals surface area contributed by atoms with Crippen LogP contribution in [-0.2, 0) is 0 Å². The zero-order chi connectivity index (χ0) is 11.0. The highest BCUT2D eigenvalue weighted by atomic mass is 32.2. The summed E-state index contributed by atoms with van der Waals surface area (Å²) in [5.41, 5.74) is 0. The van der Waals surface area contributed by atoms with E-state index in [2.05, 4.69) is 44.3 Å². The molecule has 86 valence electrons. The van der Waals surface area contributed by atoms with Crippen molar-refractivity contribution in [3.63, 3.8) is 0 Å². The summed E-state index contributed by atoms with van der Waals surface area (Å²) in [4.78, 5) is 2.44. The standard InChI is InChI=1S/C11H26N2S/c1-10(2)12-7-6-8-13(4)11(3)9-14-5/h10-12H,6-9H2,1-5H3. The highest BCUT2D eigenvalue weighted by Crippen LogP contribution is 2.03. The lowest BCUT2D eigenvalue weighted by Crippen LogP contribution is -2.34. The van der Waals surface area contributed by atoms with Crippen molar-refractivity contribution in [2.45, 2.75) is 39.3 Å². The summed E-state index contributed by atoms with van der Waals surface area (Å²) in [7, 11) is 2.22. The van der Waals surface area contributed by atoms with E-state index in [-0.39, 0.29) is 0 Å². The van der Waals surface area contributed by atoms with Crippen molar-refractivity contribution in [2.75, 3.05) is 32.1 Å². The minimum Gasteiger partial charge on any atom is -0.314 e. The average Bonchev–Trinajstić information content (AvgIpc) is 2.12. The van der Waals surface area contributed by atoms with Crippen molar-refractivity contribution >= 4 is 11.8 Å². The van der Waals surface area contributed by atoms with E-state index in [1.54, 1.807) is 0 Å². The number of nitrogens with one attached hydrogen (secondary N) is 1. The molecule has 0 amide bonds. The monoisotopic (exact) mass is 218 g/mol. The molecule has 14 heavy (non-hydrogen) atoms. The molecule has 1 N–H and O–H groups in total. The Hall–Kier alpha value is 0.270. The summed E-state index contributed by atoms with van der Waals surface area (Å²) in [5, 5.41) is 3.44. The molecule has 2 nitrogen and oxygen atoms in total. The number of nitrogens with zero attached hydrogens (tertiary/aromatic N) is 1. The van der Waals surface area contributed by atoms with Crippen LogP contribution in [0.5, 0.6) is 0 Å². The largest absolute Gasteiger partial charge is 0.314 e. The van der Waals surface area contributed by atoms with Gasteiger partial charge in [-0.15, -0.1) is 0 Å². The summed E-state index contributed by atoms with van der Waals surface area (Å²) in [6.45, 7) is 9.02. The molecule has 0 rings (SSSR count). The van der Waals surface area contributed by atoms with Crippen LogP contribution >= 0.6 is 11.8 Å². The first kappa shape index (κ1) is 14.3. The van der Waals surface area contributed by atoms with Gasteiger partial charge in [-0.1, -0.05) is 13.8 Å². The fourth-order valence-corrected chi connectivity index (χ4v) is 2.04. The molecule has 1 unspecified atom stereocenters. The Labute approximate surface area is 93.8 Å². The second-order valence-electron chi connectivity index (χ2n) is 4.25. The smallest absolute Gasteiger partial charge is 0.0154 e. The first-order valence-corrected chi connectivity index (χ1v) is 6.89. The van der Waals surface area contributed by atoms with Crippen molar-refractivity contribution in [3.05, 3.63) is 0 Å². The maximum absolute atomic E-state index is 3.44. The Kier molecular flexibility index (Phi) is 8.73. The van der Waals surface area contributed by atoms with E-state index in [1.807, 2.05) is 11.8 Å². The van der Waals surface area contributed by atoms with E-state index in [4.69, 9.17) is 0 Å².